The van der Waals surface area contributed by atoms with Crippen molar-refractivity contribution in [3.8, 4) is 23.2 Å². The molecule has 3 aromatic rings. The highest BCUT2D eigenvalue weighted by Crippen LogP contribution is 2.28. The number of hydrogen-bond acceptors (Lipinski definition) is 7. The van der Waals surface area contributed by atoms with E-state index in [4.69, 9.17) is 19.9 Å². The summed E-state index contributed by atoms with van der Waals surface area (Å²) in [7, 11) is 5.13. The zero-order valence-corrected chi connectivity index (χ0v) is 18.2. The van der Waals surface area contributed by atoms with E-state index < -0.39 is 0 Å². The van der Waals surface area contributed by atoms with Gasteiger partial charge >= 0.3 is 5.95 Å². The van der Waals surface area contributed by atoms with Crippen molar-refractivity contribution in [2.45, 2.75) is 44.6 Å². The number of nitrogen functional groups attached to an aromatic ring is 1. The second-order valence-electron chi connectivity index (χ2n) is 7.70. The van der Waals surface area contributed by atoms with Crippen molar-refractivity contribution in [1.29, 1.82) is 0 Å². The maximum Gasteiger partial charge on any atom is 0.375 e. The molecule has 1 aromatic carbocycles. The molecule has 0 bridgehead atoms. The summed E-state index contributed by atoms with van der Waals surface area (Å²) in [6, 6.07) is 7.65. The van der Waals surface area contributed by atoms with Crippen LogP contribution in [-0.2, 0) is 13.5 Å². The molecule has 0 amide bonds. The van der Waals surface area contributed by atoms with Crippen molar-refractivity contribution < 1.29 is 18.8 Å². The van der Waals surface area contributed by atoms with Gasteiger partial charge in [-0.05, 0) is 43.4 Å². The number of nitrogens with two attached hydrogens (primary N) is 1. The molecule has 0 unspecified atom stereocenters. The zero-order chi connectivity index (χ0) is 21.8. The molecule has 9 heteroatoms. The van der Waals surface area contributed by atoms with Crippen LogP contribution in [0.4, 0.5) is 5.95 Å². The van der Waals surface area contributed by atoms with E-state index in [1.54, 1.807) is 18.9 Å². The minimum atomic E-state index is 0.210. The Labute approximate surface area is 181 Å². The van der Waals surface area contributed by atoms with E-state index in [2.05, 4.69) is 15.1 Å². The first-order valence-corrected chi connectivity index (χ1v) is 10.5. The maximum absolute atomic E-state index is 6.13. The number of benzene rings is 1. The Balaban J connectivity index is 1.63. The third-order valence-electron chi connectivity index (χ3n) is 5.67. The van der Waals surface area contributed by atoms with Crippen molar-refractivity contribution in [1.82, 2.24) is 19.7 Å². The molecule has 0 saturated heterocycles. The van der Waals surface area contributed by atoms with Gasteiger partial charge in [0.05, 0.1) is 33.8 Å². The average Bonchev–Trinajstić information content (AvgIpc) is 3.08. The molecule has 9 nitrogen and oxygen atoms in total. The van der Waals surface area contributed by atoms with E-state index in [0.29, 0.717) is 35.6 Å². The lowest BCUT2D eigenvalue weighted by atomic mass is 9.98. The van der Waals surface area contributed by atoms with Gasteiger partial charge in [0.15, 0.2) is 11.5 Å². The molecule has 0 radical (unpaired) electrons. The number of hydrogen-bond donors (Lipinski definition) is 1. The highest BCUT2D eigenvalue weighted by molar-refractivity contribution is 5.43. The first-order chi connectivity index (χ1) is 15.1. The molecule has 1 aliphatic rings. The first kappa shape index (κ1) is 20.9. The number of aromatic nitrogens is 5. The van der Waals surface area contributed by atoms with Gasteiger partial charge < -0.3 is 19.9 Å². The summed E-state index contributed by atoms with van der Waals surface area (Å²) in [4.78, 5) is 8.72. The van der Waals surface area contributed by atoms with Crippen molar-refractivity contribution in [2.24, 2.45) is 7.05 Å². The van der Waals surface area contributed by atoms with Crippen LogP contribution in [0.15, 0.2) is 30.6 Å². The summed E-state index contributed by atoms with van der Waals surface area (Å²) >= 11 is 0. The number of anilines is 1. The molecule has 0 spiro atoms. The highest BCUT2D eigenvalue weighted by atomic mass is 16.5. The van der Waals surface area contributed by atoms with Crippen molar-refractivity contribution in [2.75, 3.05) is 20.0 Å². The molecule has 164 valence electrons. The van der Waals surface area contributed by atoms with E-state index in [-0.39, 0.29) is 6.10 Å². The van der Waals surface area contributed by atoms with Crippen LogP contribution in [0, 0.1) is 0 Å². The number of rotatable bonds is 7. The number of nitrogens with zero attached hydrogens (tertiary/aromatic N) is 5. The molecule has 1 aliphatic carbocycles. The minimum absolute atomic E-state index is 0.210. The molecule has 1 saturated carbocycles. The van der Waals surface area contributed by atoms with Crippen LogP contribution < -0.4 is 24.5 Å². The van der Waals surface area contributed by atoms with Crippen LogP contribution in [0.1, 0.15) is 43.5 Å². The molecule has 2 heterocycles. The van der Waals surface area contributed by atoms with E-state index in [1.165, 1.54) is 25.6 Å². The largest absolute Gasteiger partial charge is 0.493 e. The van der Waals surface area contributed by atoms with Gasteiger partial charge in [-0.2, -0.15) is 0 Å². The Bertz CT molecular complexity index is 1050. The van der Waals surface area contributed by atoms with E-state index in [1.807, 2.05) is 35.9 Å². The Morgan fingerprint density at radius 3 is 2.58 bits per heavy atom. The predicted molar refractivity (Wildman–Crippen MR) is 115 cm³/mol. The highest BCUT2D eigenvalue weighted by Gasteiger charge is 2.24. The van der Waals surface area contributed by atoms with Crippen molar-refractivity contribution in [3.05, 3.63) is 42.0 Å². The molecule has 4 rings (SSSR count). The van der Waals surface area contributed by atoms with Crippen LogP contribution in [0.5, 0.6) is 17.4 Å². The fourth-order valence-corrected chi connectivity index (χ4v) is 3.92. The molecule has 31 heavy (non-hydrogen) atoms. The van der Waals surface area contributed by atoms with Crippen LogP contribution in [0.2, 0.25) is 0 Å². The Kier molecular flexibility index (Phi) is 6.20. The summed E-state index contributed by atoms with van der Waals surface area (Å²) < 4.78 is 20.5. The topological polar surface area (TPSA) is 101 Å². The monoisotopic (exact) mass is 425 g/mol. The number of methoxy groups -OCH3 is 2. The zero-order valence-electron chi connectivity index (χ0n) is 18.2. The lowest BCUT2D eigenvalue weighted by Gasteiger charge is -2.22. The molecule has 2 aromatic heterocycles. The summed E-state index contributed by atoms with van der Waals surface area (Å²) in [5.74, 6) is 3.79. The fourth-order valence-electron chi connectivity index (χ4n) is 3.92. The SMILES string of the molecule is COc1ccc(Cc2n(-c3cc(OC4CCCCC4)ncn3)nc(N)[n+]2C)cc1OC. The third-order valence-corrected chi connectivity index (χ3v) is 5.67. The molecule has 1 fully saturated rings. The van der Waals surface area contributed by atoms with Crippen LogP contribution >= 0.6 is 0 Å². The Morgan fingerprint density at radius 1 is 1.06 bits per heavy atom. The van der Waals surface area contributed by atoms with Gasteiger partial charge in [0.25, 0.3) is 0 Å². The van der Waals surface area contributed by atoms with Crippen molar-refractivity contribution >= 4 is 5.95 Å². The van der Waals surface area contributed by atoms with E-state index >= 15 is 0 Å². The predicted octanol–water partition coefficient (Wildman–Crippen LogP) is 2.39. The number of ether oxygens (including phenoxy) is 3. The van der Waals surface area contributed by atoms with Crippen molar-refractivity contribution in [3.63, 3.8) is 0 Å². The Hall–Kier alpha value is -3.36. The van der Waals surface area contributed by atoms with Crippen LogP contribution in [0.3, 0.4) is 0 Å². The van der Waals surface area contributed by atoms with Gasteiger partial charge in [-0.3, -0.25) is 0 Å². The van der Waals surface area contributed by atoms with E-state index in [9.17, 15) is 0 Å². The summed E-state index contributed by atoms with van der Waals surface area (Å²) in [6.45, 7) is 0. The summed E-state index contributed by atoms with van der Waals surface area (Å²) in [6.07, 6.45) is 8.09. The molecule has 0 atom stereocenters. The van der Waals surface area contributed by atoms with Gasteiger partial charge in [-0.25, -0.2) is 14.5 Å². The quantitative estimate of drug-likeness (QED) is 0.580. The minimum Gasteiger partial charge on any atom is -0.493 e. The molecular weight excluding hydrogens is 396 g/mol. The second kappa shape index (κ2) is 9.20. The Morgan fingerprint density at radius 2 is 1.84 bits per heavy atom. The smallest absolute Gasteiger partial charge is 0.375 e. The van der Waals surface area contributed by atoms with E-state index in [0.717, 1.165) is 24.2 Å². The lowest BCUT2D eigenvalue weighted by molar-refractivity contribution is -0.664. The summed E-state index contributed by atoms with van der Waals surface area (Å²) in [5, 5.41) is 4.50. The average molecular weight is 426 g/mol. The lowest BCUT2D eigenvalue weighted by Crippen LogP contribution is -2.35. The molecule has 0 aliphatic heterocycles. The van der Waals surface area contributed by atoms with Gasteiger partial charge in [-0.15, -0.1) is 0 Å². The maximum atomic E-state index is 6.13. The summed E-state index contributed by atoms with van der Waals surface area (Å²) in [5.41, 5.74) is 7.16. The van der Waals surface area contributed by atoms with Crippen LogP contribution in [-0.4, -0.2) is 40.1 Å². The standard InChI is InChI=1S/C22H29N6O3/c1-27-21(12-15-9-10-17(29-2)18(11-15)30-3)28(26-22(27)23)19-13-20(25-14-24-19)31-16-7-5-4-6-8-16/h9-11,13-14,16H,4-8,12H2,1-3H3,(H2,23,26)/q+1. The van der Waals surface area contributed by atoms with Gasteiger partial charge in [0.2, 0.25) is 17.5 Å². The molecule has 2 N–H and O–H groups in total. The van der Waals surface area contributed by atoms with Gasteiger partial charge in [-0.1, -0.05) is 17.2 Å². The van der Waals surface area contributed by atoms with Gasteiger partial charge in [0.1, 0.15) is 12.4 Å². The van der Waals surface area contributed by atoms with Crippen LogP contribution in [0.25, 0.3) is 5.82 Å². The fraction of sp³-hybridized carbons (Fsp3) is 0.455. The van der Waals surface area contributed by atoms with Gasteiger partial charge in [0, 0.05) is 5.10 Å². The normalized spacial score (nSPS) is 14.4. The third kappa shape index (κ3) is 4.55. The molecular formula is C22H29N6O3+. The first-order valence-electron chi connectivity index (χ1n) is 10.5. The second-order valence-corrected chi connectivity index (χ2v) is 7.70.